The first kappa shape index (κ1) is 11.1. The summed E-state index contributed by atoms with van der Waals surface area (Å²) in [5.41, 5.74) is 2.15. The van der Waals surface area contributed by atoms with Crippen LogP contribution in [0.5, 0.6) is 0 Å². The Hall–Kier alpha value is -2.43. The lowest BCUT2D eigenvalue weighted by Crippen LogP contribution is -2.32. The van der Waals surface area contributed by atoms with Crippen LogP contribution < -0.4 is 4.73 Å². The Balaban J connectivity index is 2.54. The number of aryl methyl sites for hydroxylation is 1. The summed E-state index contributed by atoms with van der Waals surface area (Å²) in [6.07, 6.45) is 1.26. The van der Waals surface area contributed by atoms with Gasteiger partial charge in [-0.2, -0.15) is 0 Å². The summed E-state index contributed by atoms with van der Waals surface area (Å²) in [6, 6.07) is 9.97. The van der Waals surface area contributed by atoms with Crippen molar-refractivity contribution in [2.24, 2.45) is 0 Å². The second-order valence-electron chi connectivity index (χ2n) is 3.74. The Labute approximate surface area is 97.7 Å². The maximum atomic E-state index is 10.7. The van der Waals surface area contributed by atoms with Gasteiger partial charge in [-0.15, -0.1) is 0 Å². The van der Waals surface area contributed by atoms with Crippen molar-refractivity contribution in [3.05, 3.63) is 58.3 Å². The van der Waals surface area contributed by atoms with Gasteiger partial charge in [-0.1, -0.05) is 17.7 Å². The van der Waals surface area contributed by atoms with E-state index in [0.717, 1.165) is 15.9 Å². The Bertz CT molecular complexity index is 564. The molecule has 0 radical (unpaired) electrons. The highest BCUT2D eigenvalue weighted by Gasteiger charge is 2.18. The molecule has 86 valence electrons. The second kappa shape index (κ2) is 4.21. The molecular formula is C12H11N2O3+. The molecule has 0 saturated carbocycles. The first-order valence-corrected chi connectivity index (χ1v) is 5.04. The van der Waals surface area contributed by atoms with Gasteiger partial charge in [-0.3, -0.25) is 15.3 Å². The average molecular weight is 231 g/mol. The van der Waals surface area contributed by atoms with Crippen LogP contribution in [-0.2, 0) is 0 Å². The van der Waals surface area contributed by atoms with Gasteiger partial charge < -0.3 is 0 Å². The maximum Gasteiger partial charge on any atom is 0.282 e. The van der Waals surface area contributed by atoms with Crippen molar-refractivity contribution in [3.8, 4) is 11.3 Å². The summed E-state index contributed by atoms with van der Waals surface area (Å²) in [4.78, 5) is 10.2. The summed E-state index contributed by atoms with van der Waals surface area (Å²) in [5.74, 6) is 0. The number of aromatic nitrogens is 1. The van der Waals surface area contributed by atoms with Crippen LogP contribution in [-0.4, -0.2) is 10.1 Å². The highest BCUT2D eigenvalue weighted by atomic mass is 16.6. The topological polar surface area (TPSA) is 67.2 Å². The van der Waals surface area contributed by atoms with Gasteiger partial charge in [0.2, 0.25) is 6.20 Å². The largest absolute Gasteiger partial charge is 0.285 e. The zero-order chi connectivity index (χ0) is 12.4. The minimum atomic E-state index is -0.488. The van der Waals surface area contributed by atoms with Gasteiger partial charge in [0.15, 0.2) is 0 Å². The van der Waals surface area contributed by atoms with Crippen molar-refractivity contribution < 1.29 is 14.9 Å². The van der Waals surface area contributed by atoms with E-state index < -0.39 is 4.92 Å². The zero-order valence-corrected chi connectivity index (χ0v) is 9.20. The predicted octanol–water partition coefficient (Wildman–Crippen LogP) is 2.10. The highest BCUT2D eigenvalue weighted by Crippen LogP contribution is 2.20. The van der Waals surface area contributed by atoms with Gasteiger partial charge in [0.05, 0.1) is 22.6 Å². The normalized spacial score (nSPS) is 10.2. The van der Waals surface area contributed by atoms with Crippen LogP contribution in [0.2, 0.25) is 0 Å². The van der Waals surface area contributed by atoms with Crippen molar-refractivity contribution in [2.75, 3.05) is 0 Å². The molecule has 2 rings (SSSR count). The van der Waals surface area contributed by atoms with Crippen molar-refractivity contribution in [1.29, 1.82) is 0 Å². The Morgan fingerprint density at radius 2 is 1.88 bits per heavy atom. The number of hydrogen-bond donors (Lipinski definition) is 1. The number of nitro groups is 1. The van der Waals surface area contributed by atoms with Gasteiger partial charge in [0, 0.05) is 4.73 Å². The first-order chi connectivity index (χ1) is 8.08. The quantitative estimate of drug-likeness (QED) is 0.372. The van der Waals surface area contributed by atoms with E-state index in [1.54, 1.807) is 12.1 Å². The van der Waals surface area contributed by atoms with E-state index >= 15 is 0 Å². The molecule has 0 aliphatic rings. The monoisotopic (exact) mass is 231 g/mol. The maximum absolute atomic E-state index is 10.7. The fourth-order valence-corrected chi connectivity index (χ4v) is 1.54. The van der Waals surface area contributed by atoms with E-state index in [-0.39, 0.29) is 5.69 Å². The molecule has 1 aromatic carbocycles. The number of nitrogens with zero attached hydrogens (tertiary/aromatic N) is 2. The van der Waals surface area contributed by atoms with E-state index in [1.165, 1.54) is 18.3 Å². The zero-order valence-electron chi connectivity index (χ0n) is 9.20. The number of rotatable bonds is 2. The summed E-state index contributed by atoms with van der Waals surface area (Å²) in [5, 5.41) is 20.3. The van der Waals surface area contributed by atoms with Crippen molar-refractivity contribution in [2.45, 2.75) is 6.92 Å². The average Bonchev–Trinajstić information content (AvgIpc) is 2.31. The molecule has 0 bridgehead atoms. The Kier molecular flexibility index (Phi) is 2.74. The highest BCUT2D eigenvalue weighted by molar-refractivity contribution is 5.58. The third-order valence-corrected chi connectivity index (χ3v) is 2.48. The summed E-state index contributed by atoms with van der Waals surface area (Å²) in [7, 11) is 0. The van der Waals surface area contributed by atoms with Crippen LogP contribution in [0.15, 0.2) is 42.6 Å². The van der Waals surface area contributed by atoms with E-state index in [1.807, 2.05) is 19.1 Å². The fraction of sp³-hybridized carbons (Fsp3) is 0.0833. The lowest BCUT2D eigenvalue weighted by Gasteiger charge is -1.98. The molecule has 0 fully saturated rings. The van der Waals surface area contributed by atoms with E-state index in [2.05, 4.69) is 0 Å². The lowest BCUT2D eigenvalue weighted by molar-refractivity contribution is -0.896. The third kappa shape index (κ3) is 2.23. The van der Waals surface area contributed by atoms with Gasteiger partial charge in [0.1, 0.15) is 0 Å². The van der Waals surface area contributed by atoms with Crippen LogP contribution >= 0.6 is 0 Å². The first-order valence-electron chi connectivity index (χ1n) is 5.04. The predicted molar refractivity (Wildman–Crippen MR) is 60.6 cm³/mol. The molecule has 0 spiro atoms. The molecule has 5 nitrogen and oxygen atoms in total. The summed E-state index contributed by atoms with van der Waals surface area (Å²) >= 11 is 0. The molecule has 0 unspecified atom stereocenters. The number of hydrogen-bond acceptors (Lipinski definition) is 3. The molecule has 0 atom stereocenters. The van der Waals surface area contributed by atoms with Crippen LogP contribution in [0.3, 0.4) is 0 Å². The Morgan fingerprint density at radius 3 is 2.47 bits per heavy atom. The SMILES string of the molecule is Cc1ccc(-c2cc([N+](=O)[O-])cc[n+]2O)cc1. The molecule has 2 aromatic rings. The summed E-state index contributed by atoms with van der Waals surface area (Å²) < 4.78 is 0.873. The van der Waals surface area contributed by atoms with Crippen LogP contribution in [0, 0.1) is 17.0 Å². The molecule has 1 aromatic heterocycles. The molecule has 17 heavy (non-hydrogen) atoms. The minimum absolute atomic E-state index is 0.0501. The molecule has 1 heterocycles. The molecule has 5 heteroatoms. The van der Waals surface area contributed by atoms with Gasteiger partial charge in [0.25, 0.3) is 11.4 Å². The van der Waals surface area contributed by atoms with E-state index in [9.17, 15) is 15.3 Å². The van der Waals surface area contributed by atoms with E-state index in [4.69, 9.17) is 0 Å². The molecule has 0 aliphatic carbocycles. The van der Waals surface area contributed by atoms with Crippen LogP contribution in [0.1, 0.15) is 5.56 Å². The van der Waals surface area contributed by atoms with Crippen molar-refractivity contribution in [1.82, 2.24) is 0 Å². The van der Waals surface area contributed by atoms with Gasteiger partial charge >= 0.3 is 0 Å². The van der Waals surface area contributed by atoms with Gasteiger partial charge in [-0.05, 0) is 19.1 Å². The molecule has 0 saturated heterocycles. The smallest absolute Gasteiger partial charge is 0.282 e. The lowest BCUT2D eigenvalue weighted by atomic mass is 10.1. The molecule has 1 N–H and O–H groups in total. The van der Waals surface area contributed by atoms with Crippen molar-refractivity contribution in [3.63, 3.8) is 0 Å². The number of pyridine rings is 1. The Morgan fingerprint density at radius 1 is 1.24 bits per heavy atom. The minimum Gasteiger partial charge on any atom is -0.285 e. The second-order valence-corrected chi connectivity index (χ2v) is 3.74. The molecular weight excluding hydrogens is 220 g/mol. The standard InChI is InChI=1S/C12H11N2O3/c1-9-2-4-10(5-3-9)12-8-11(14(16)17)6-7-13(12)15/h2-8,15H,1H3/q+1. The van der Waals surface area contributed by atoms with Crippen LogP contribution in [0.25, 0.3) is 11.3 Å². The van der Waals surface area contributed by atoms with E-state index in [0.29, 0.717) is 5.69 Å². The number of benzene rings is 1. The van der Waals surface area contributed by atoms with Crippen molar-refractivity contribution >= 4 is 5.69 Å². The van der Waals surface area contributed by atoms with Gasteiger partial charge in [-0.25, -0.2) is 0 Å². The fourth-order valence-electron chi connectivity index (χ4n) is 1.54. The molecule has 0 aliphatic heterocycles. The summed E-state index contributed by atoms with van der Waals surface area (Å²) in [6.45, 7) is 1.95. The van der Waals surface area contributed by atoms with Crippen LogP contribution in [0.4, 0.5) is 5.69 Å². The third-order valence-electron chi connectivity index (χ3n) is 2.48. The molecule has 0 amide bonds.